The Morgan fingerprint density at radius 3 is 2.60 bits per heavy atom. The highest BCUT2D eigenvalue weighted by atomic mass is 16.4. The Morgan fingerprint density at radius 1 is 1.30 bits per heavy atom. The largest absolute Gasteiger partial charge is 0.481 e. The zero-order chi connectivity index (χ0) is 14.9. The summed E-state index contributed by atoms with van der Waals surface area (Å²) in [5.41, 5.74) is 2.20. The number of pyridine rings is 1. The number of aromatic nitrogens is 2. The van der Waals surface area contributed by atoms with E-state index in [0.29, 0.717) is 5.69 Å². The number of hydrogen-bond donors (Lipinski definition) is 1. The first-order valence-electron chi connectivity index (χ1n) is 6.65. The summed E-state index contributed by atoms with van der Waals surface area (Å²) in [5.74, 6) is -1.46. The molecule has 0 aromatic carbocycles. The predicted molar refractivity (Wildman–Crippen MR) is 75.0 cm³/mol. The summed E-state index contributed by atoms with van der Waals surface area (Å²) in [6, 6.07) is 7.31. The fraction of sp³-hybridized carbons (Fsp3) is 0.400. The molecular formula is C15H18N2O3. The van der Waals surface area contributed by atoms with E-state index in [4.69, 9.17) is 5.11 Å². The van der Waals surface area contributed by atoms with E-state index in [1.54, 1.807) is 23.6 Å². The number of fused-ring (bicyclic) bond motifs is 1. The number of hydrogen-bond acceptors (Lipinski definition) is 3. The molecule has 0 spiro atoms. The molecule has 2 rings (SSSR count). The summed E-state index contributed by atoms with van der Waals surface area (Å²) in [5, 5.41) is 13.2. The van der Waals surface area contributed by atoms with Gasteiger partial charge in [-0.15, -0.1) is 0 Å². The van der Waals surface area contributed by atoms with Crippen LogP contribution in [0.15, 0.2) is 24.3 Å². The fourth-order valence-electron chi connectivity index (χ4n) is 2.11. The van der Waals surface area contributed by atoms with Gasteiger partial charge in [0, 0.05) is 5.92 Å². The van der Waals surface area contributed by atoms with Gasteiger partial charge in [0.05, 0.1) is 17.6 Å². The van der Waals surface area contributed by atoms with E-state index >= 15 is 0 Å². The Bertz CT molecular complexity index is 658. The number of carbonyl (C=O) groups excluding carboxylic acids is 1. The van der Waals surface area contributed by atoms with Crippen LogP contribution in [-0.2, 0) is 4.79 Å². The van der Waals surface area contributed by atoms with Crippen molar-refractivity contribution in [3.05, 3.63) is 35.7 Å². The molecule has 0 fully saturated rings. The van der Waals surface area contributed by atoms with E-state index < -0.39 is 11.9 Å². The molecule has 0 aliphatic carbocycles. The third-order valence-electron chi connectivity index (χ3n) is 3.28. The maximum absolute atomic E-state index is 12.3. The molecule has 0 saturated carbocycles. The van der Waals surface area contributed by atoms with Crippen LogP contribution in [0.25, 0.3) is 5.52 Å². The molecular weight excluding hydrogens is 256 g/mol. The van der Waals surface area contributed by atoms with Crippen molar-refractivity contribution in [3.63, 3.8) is 0 Å². The van der Waals surface area contributed by atoms with Crippen LogP contribution in [0.2, 0.25) is 0 Å². The van der Waals surface area contributed by atoms with Crippen LogP contribution >= 0.6 is 0 Å². The second kappa shape index (κ2) is 5.45. The van der Waals surface area contributed by atoms with Gasteiger partial charge in [-0.2, -0.15) is 5.10 Å². The maximum Gasteiger partial charge on any atom is 0.304 e. The highest BCUT2D eigenvalue weighted by Gasteiger charge is 2.21. The summed E-state index contributed by atoms with van der Waals surface area (Å²) in [6.07, 6.45) is -0.173. The number of carboxylic acid groups (broad SMARTS) is 1. The standard InChI is InChI=1S/C15H18N2O3/c1-9(2)12-8-11-5-4-6-13(17(11)16-12)15(20)10(3)7-14(18)19/h4-6,8-10H,7H2,1-3H3,(H,18,19). The van der Waals surface area contributed by atoms with Crippen LogP contribution < -0.4 is 0 Å². The normalized spacial score (nSPS) is 12.8. The molecule has 2 aromatic rings. The summed E-state index contributed by atoms with van der Waals surface area (Å²) in [7, 11) is 0. The Balaban J connectivity index is 2.43. The second-order valence-corrected chi connectivity index (χ2v) is 5.33. The zero-order valence-electron chi connectivity index (χ0n) is 11.8. The number of carbonyl (C=O) groups is 2. The van der Waals surface area contributed by atoms with Gasteiger partial charge in [-0.1, -0.05) is 26.8 Å². The average molecular weight is 274 g/mol. The molecule has 0 amide bonds. The van der Waals surface area contributed by atoms with E-state index in [1.165, 1.54) is 0 Å². The minimum Gasteiger partial charge on any atom is -0.481 e. The third-order valence-corrected chi connectivity index (χ3v) is 3.28. The highest BCUT2D eigenvalue weighted by molar-refractivity contribution is 5.98. The van der Waals surface area contributed by atoms with Crippen LogP contribution in [0.3, 0.4) is 0 Å². The monoisotopic (exact) mass is 274 g/mol. The van der Waals surface area contributed by atoms with Crippen molar-refractivity contribution in [1.82, 2.24) is 9.61 Å². The van der Waals surface area contributed by atoms with Gasteiger partial charge in [-0.05, 0) is 24.1 Å². The van der Waals surface area contributed by atoms with E-state index in [2.05, 4.69) is 5.10 Å². The van der Waals surface area contributed by atoms with Gasteiger partial charge in [0.1, 0.15) is 5.69 Å². The first kappa shape index (κ1) is 14.2. The molecule has 0 aliphatic heterocycles. The fourth-order valence-corrected chi connectivity index (χ4v) is 2.11. The Morgan fingerprint density at radius 2 is 2.00 bits per heavy atom. The third kappa shape index (κ3) is 2.71. The smallest absolute Gasteiger partial charge is 0.304 e. The van der Waals surface area contributed by atoms with Gasteiger partial charge >= 0.3 is 5.97 Å². The van der Waals surface area contributed by atoms with Crippen molar-refractivity contribution in [1.29, 1.82) is 0 Å². The minimum atomic E-state index is -0.971. The molecule has 0 aliphatic rings. The lowest BCUT2D eigenvalue weighted by atomic mass is 10.00. The van der Waals surface area contributed by atoms with Crippen molar-refractivity contribution >= 4 is 17.3 Å². The summed E-state index contributed by atoms with van der Waals surface area (Å²) >= 11 is 0. The van der Waals surface area contributed by atoms with Crippen LogP contribution in [0.4, 0.5) is 0 Å². The molecule has 20 heavy (non-hydrogen) atoms. The lowest BCUT2D eigenvalue weighted by molar-refractivity contribution is -0.137. The van der Waals surface area contributed by atoms with Crippen molar-refractivity contribution in [2.45, 2.75) is 33.1 Å². The number of ketones is 1. The SMILES string of the molecule is CC(CC(=O)O)C(=O)c1cccc2cc(C(C)C)nn12. The molecule has 5 nitrogen and oxygen atoms in total. The Hall–Kier alpha value is -2.17. The first-order valence-corrected chi connectivity index (χ1v) is 6.65. The number of rotatable bonds is 5. The van der Waals surface area contributed by atoms with Gasteiger partial charge in [-0.25, -0.2) is 4.52 Å². The van der Waals surface area contributed by atoms with Crippen LogP contribution in [0.5, 0.6) is 0 Å². The van der Waals surface area contributed by atoms with E-state index in [0.717, 1.165) is 11.2 Å². The number of carboxylic acids is 1. The summed E-state index contributed by atoms with van der Waals surface area (Å²) in [6.45, 7) is 5.70. The summed E-state index contributed by atoms with van der Waals surface area (Å²) < 4.78 is 1.61. The molecule has 1 N–H and O–H groups in total. The minimum absolute atomic E-state index is 0.173. The number of nitrogens with zero attached hydrogens (tertiary/aromatic N) is 2. The Kier molecular flexibility index (Phi) is 3.88. The maximum atomic E-state index is 12.3. The van der Waals surface area contributed by atoms with E-state index in [1.807, 2.05) is 26.0 Å². The molecule has 5 heteroatoms. The van der Waals surface area contributed by atoms with Gasteiger partial charge in [-0.3, -0.25) is 9.59 Å². The number of aliphatic carboxylic acids is 1. The molecule has 0 bridgehead atoms. The second-order valence-electron chi connectivity index (χ2n) is 5.33. The topological polar surface area (TPSA) is 71.7 Å². The van der Waals surface area contributed by atoms with E-state index in [-0.39, 0.29) is 18.1 Å². The van der Waals surface area contributed by atoms with Crippen LogP contribution in [-0.4, -0.2) is 26.5 Å². The molecule has 0 radical (unpaired) electrons. The molecule has 0 saturated heterocycles. The van der Waals surface area contributed by atoms with Crippen molar-refractivity contribution in [3.8, 4) is 0 Å². The lowest BCUT2D eigenvalue weighted by Gasteiger charge is -2.09. The molecule has 2 aromatic heterocycles. The van der Waals surface area contributed by atoms with Crippen molar-refractivity contribution in [2.24, 2.45) is 5.92 Å². The van der Waals surface area contributed by atoms with Gasteiger partial charge in [0.25, 0.3) is 0 Å². The van der Waals surface area contributed by atoms with Crippen molar-refractivity contribution < 1.29 is 14.7 Å². The van der Waals surface area contributed by atoms with Crippen molar-refractivity contribution in [2.75, 3.05) is 0 Å². The highest BCUT2D eigenvalue weighted by Crippen LogP contribution is 2.19. The van der Waals surface area contributed by atoms with Crippen LogP contribution in [0.1, 0.15) is 49.3 Å². The quantitative estimate of drug-likeness (QED) is 0.851. The molecule has 1 atom stereocenters. The molecule has 2 heterocycles. The number of Topliss-reactive ketones (excluding diaryl/α,β-unsaturated/α-hetero) is 1. The average Bonchev–Trinajstić information content (AvgIpc) is 2.80. The van der Waals surface area contributed by atoms with Gasteiger partial charge in [0.15, 0.2) is 5.78 Å². The van der Waals surface area contributed by atoms with Gasteiger partial charge < -0.3 is 5.11 Å². The zero-order valence-corrected chi connectivity index (χ0v) is 11.8. The van der Waals surface area contributed by atoms with Gasteiger partial charge in [0.2, 0.25) is 0 Å². The Labute approximate surface area is 117 Å². The van der Waals surface area contributed by atoms with E-state index in [9.17, 15) is 9.59 Å². The lowest BCUT2D eigenvalue weighted by Crippen LogP contribution is -2.18. The predicted octanol–water partition coefficient (Wildman–Crippen LogP) is 2.75. The van der Waals surface area contributed by atoms with Crippen LogP contribution in [0, 0.1) is 5.92 Å². The molecule has 1 unspecified atom stereocenters. The summed E-state index contributed by atoms with van der Waals surface area (Å²) in [4.78, 5) is 23.1. The molecule has 106 valence electrons. The first-order chi connectivity index (χ1) is 9.40.